The molecule has 3 rings (SSSR count). The fraction of sp³-hybridized carbons (Fsp3) is 0.0952. The molecule has 0 unspecified atom stereocenters. The largest absolute Gasteiger partial charge is 0.321 e. The molecule has 0 atom stereocenters. The number of rotatable bonds is 7. The Morgan fingerprint density at radius 2 is 1.64 bits per heavy atom. The van der Waals surface area contributed by atoms with Gasteiger partial charge in [-0.1, -0.05) is 48.2 Å². The normalized spacial score (nSPS) is 11.0. The number of carbonyl (C=O) groups is 1. The van der Waals surface area contributed by atoms with E-state index in [2.05, 4.69) is 10.0 Å². The summed E-state index contributed by atoms with van der Waals surface area (Å²) in [4.78, 5) is 14.7. The molecule has 0 radical (unpaired) electrons. The molecule has 28 heavy (non-hydrogen) atoms. The summed E-state index contributed by atoms with van der Waals surface area (Å²) in [6.45, 7) is 1.56. The number of carbonyl (C=O) groups excluding carboxylic acids is 1. The van der Waals surface area contributed by atoms with Gasteiger partial charge in [-0.2, -0.15) is 0 Å². The first-order valence-electron chi connectivity index (χ1n) is 8.71. The lowest BCUT2D eigenvalue weighted by molar-refractivity contribution is 0.102. The Morgan fingerprint density at radius 1 is 0.929 bits per heavy atom. The molecule has 0 fully saturated rings. The highest BCUT2D eigenvalue weighted by atomic mass is 32.2. The smallest absolute Gasteiger partial charge is 0.255 e. The molecule has 0 aromatic heterocycles. The van der Waals surface area contributed by atoms with Gasteiger partial charge in [0.25, 0.3) is 5.91 Å². The second-order valence-corrected chi connectivity index (χ2v) is 9.08. The predicted molar refractivity (Wildman–Crippen MR) is 114 cm³/mol. The highest BCUT2D eigenvalue weighted by molar-refractivity contribution is 7.99. The van der Waals surface area contributed by atoms with Gasteiger partial charge in [-0.25, -0.2) is 8.42 Å². The Labute approximate surface area is 169 Å². The van der Waals surface area contributed by atoms with Crippen LogP contribution in [0, 0.1) is 0 Å². The van der Waals surface area contributed by atoms with Crippen LogP contribution in [0.3, 0.4) is 0 Å². The van der Waals surface area contributed by atoms with Crippen molar-refractivity contribution in [3.8, 4) is 0 Å². The van der Waals surface area contributed by atoms with Crippen LogP contribution in [0.2, 0.25) is 0 Å². The Morgan fingerprint density at radius 3 is 2.39 bits per heavy atom. The topological polar surface area (TPSA) is 75.3 Å². The highest BCUT2D eigenvalue weighted by Crippen LogP contribution is 2.33. The fourth-order valence-electron chi connectivity index (χ4n) is 2.44. The van der Waals surface area contributed by atoms with Crippen molar-refractivity contribution < 1.29 is 13.2 Å². The van der Waals surface area contributed by atoms with E-state index in [1.54, 1.807) is 36.9 Å². The van der Waals surface area contributed by atoms with Crippen molar-refractivity contribution >= 4 is 39.1 Å². The lowest BCUT2D eigenvalue weighted by Crippen LogP contribution is -2.16. The lowest BCUT2D eigenvalue weighted by Gasteiger charge is -2.12. The van der Waals surface area contributed by atoms with Crippen LogP contribution < -0.4 is 10.0 Å². The number of hydrogen-bond acceptors (Lipinski definition) is 4. The first-order valence-corrected chi connectivity index (χ1v) is 11.2. The molecule has 5 nitrogen and oxygen atoms in total. The summed E-state index contributed by atoms with van der Waals surface area (Å²) in [5.74, 6) is -0.341. The molecule has 3 aromatic rings. The maximum Gasteiger partial charge on any atom is 0.255 e. The number of hydrogen-bond donors (Lipinski definition) is 2. The molecule has 0 aliphatic heterocycles. The predicted octanol–water partition coefficient (Wildman–Crippen LogP) is 4.85. The quantitative estimate of drug-likeness (QED) is 0.582. The van der Waals surface area contributed by atoms with Crippen LogP contribution in [0.15, 0.2) is 88.7 Å². The van der Waals surface area contributed by atoms with Crippen molar-refractivity contribution in [2.24, 2.45) is 0 Å². The maximum atomic E-state index is 12.7. The minimum atomic E-state index is -3.40. The summed E-state index contributed by atoms with van der Waals surface area (Å²) in [7, 11) is -3.40. The number of sulfonamides is 1. The summed E-state index contributed by atoms with van der Waals surface area (Å²) < 4.78 is 25.9. The van der Waals surface area contributed by atoms with Crippen molar-refractivity contribution in [3.05, 3.63) is 84.4 Å². The van der Waals surface area contributed by atoms with Crippen LogP contribution in [-0.4, -0.2) is 20.1 Å². The lowest BCUT2D eigenvalue weighted by atomic mass is 10.2. The maximum absolute atomic E-state index is 12.7. The Hall–Kier alpha value is -2.77. The number of benzene rings is 3. The van der Waals surface area contributed by atoms with Gasteiger partial charge < -0.3 is 5.32 Å². The van der Waals surface area contributed by atoms with Gasteiger partial charge in [0.1, 0.15) is 0 Å². The molecule has 3 aromatic carbocycles. The number of nitrogens with one attached hydrogen (secondary N) is 2. The summed E-state index contributed by atoms with van der Waals surface area (Å²) in [5.41, 5.74) is 1.43. The third-order valence-electron chi connectivity index (χ3n) is 3.88. The van der Waals surface area contributed by atoms with Gasteiger partial charge in [-0.15, -0.1) is 0 Å². The van der Waals surface area contributed by atoms with Gasteiger partial charge >= 0.3 is 0 Å². The van der Waals surface area contributed by atoms with Crippen LogP contribution >= 0.6 is 11.8 Å². The van der Waals surface area contributed by atoms with E-state index >= 15 is 0 Å². The summed E-state index contributed by atoms with van der Waals surface area (Å²) in [5, 5.41) is 2.91. The SMILES string of the molecule is CCS(=O)(=O)Nc1cccc(C(=O)Nc2ccccc2Sc2ccccc2)c1. The van der Waals surface area contributed by atoms with E-state index in [9.17, 15) is 13.2 Å². The molecular formula is C21H20N2O3S2. The van der Waals surface area contributed by atoms with Crippen molar-refractivity contribution in [3.63, 3.8) is 0 Å². The molecule has 0 heterocycles. The van der Waals surface area contributed by atoms with Crippen LogP contribution in [0.5, 0.6) is 0 Å². The molecular weight excluding hydrogens is 392 g/mol. The molecule has 0 saturated carbocycles. The van der Waals surface area contributed by atoms with Gasteiger partial charge in [0.05, 0.1) is 11.4 Å². The minimum Gasteiger partial charge on any atom is -0.321 e. The second kappa shape index (κ2) is 8.95. The third kappa shape index (κ3) is 5.37. The third-order valence-corrected chi connectivity index (χ3v) is 6.27. The molecule has 144 valence electrons. The first-order chi connectivity index (χ1) is 13.5. The number of para-hydroxylation sites is 1. The van der Waals surface area contributed by atoms with Gasteiger partial charge in [-0.05, 0) is 49.4 Å². The zero-order valence-corrected chi connectivity index (χ0v) is 16.9. The monoisotopic (exact) mass is 412 g/mol. The van der Waals surface area contributed by atoms with E-state index in [1.807, 2.05) is 54.6 Å². The average Bonchev–Trinajstić information content (AvgIpc) is 2.70. The van der Waals surface area contributed by atoms with E-state index < -0.39 is 10.0 Å². The molecule has 7 heteroatoms. The number of anilines is 2. The average molecular weight is 413 g/mol. The second-order valence-electron chi connectivity index (χ2n) is 5.95. The standard InChI is InChI=1S/C21H20N2O3S2/c1-2-28(25,26)23-17-10-8-9-16(15-17)21(24)22-19-13-6-7-14-20(19)27-18-11-4-3-5-12-18/h3-15,23H,2H2,1H3,(H,22,24). The van der Waals surface area contributed by atoms with E-state index in [0.717, 1.165) is 9.79 Å². The van der Waals surface area contributed by atoms with Crippen molar-refractivity contribution in [1.82, 2.24) is 0 Å². The summed E-state index contributed by atoms with van der Waals surface area (Å²) >= 11 is 1.56. The van der Waals surface area contributed by atoms with Gasteiger partial charge in [0.15, 0.2) is 0 Å². The minimum absolute atomic E-state index is 0.0342. The summed E-state index contributed by atoms with van der Waals surface area (Å²) in [6.07, 6.45) is 0. The van der Waals surface area contributed by atoms with Crippen LogP contribution in [0.1, 0.15) is 17.3 Å². The molecule has 0 spiro atoms. The zero-order chi connectivity index (χ0) is 20.0. The highest BCUT2D eigenvalue weighted by Gasteiger charge is 2.12. The van der Waals surface area contributed by atoms with E-state index in [0.29, 0.717) is 16.9 Å². The molecule has 0 bridgehead atoms. The van der Waals surface area contributed by atoms with Crippen LogP contribution in [-0.2, 0) is 10.0 Å². The van der Waals surface area contributed by atoms with Crippen LogP contribution in [0.4, 0.5) is 11.4 Å². The molecule has 1 amide bonds. The Bertz CT molecular complexity index is 1070. The fourth-order valence-corrected chi connectivity index (χ4v) is 4.00. The zero-order valence-electron chi connectivity index (χ0n) is 15.3. The Kier molecular flexibility index (Phi) is 6.38. The van der Waals surface area contributed by atoms with Crippen LogP contribution in [0.25, 0.3) is 0 Å². The van der Waals surface area contributed by atoms with Gasteiger partial charge in [0.2, 0.25) is 10.0 Å². The van der Waals surface area contributed by atoms with E-state index in [4.69, 9.17) is 0 Å². The van der Waals surface area contributed by atoms with E-state index in [-0.39, 0.29) is 11.7 Å². The molecule has 2 N–H and O–H groups in total. The molecule has 0 aliphatic rings. The first kappa shape index (κ1) is 20.0. The van der Waals surface area contributed by atoms with Crippen molar-refractivity contribution in [2.75, 3.05) is 15.8 Å². The van der Waals surface area contributed by atoms with Crippen molar-refractivity contribution in [2.45, 2.75) is 16.7 Å². The molecule has 0 aliphatic carbocycles. The summed E-state index contributed by atoms with van der Waals surface area (Å²) in [6, 6.07) is 23.9. The molecule has 0 saturated heterocycles. The van der Waals surface area contributed by atoms with Crippen molar-refractivity contribution in [1.29, 1.82) is 0 Å². The van der Waals surface area contributed by atoms with Gasteiger partial charge in [0, 0.05) is 21.0 Å². The van der Waals surface area contributed by atoms with E-state index in [1.165, 1.54) is 6.07 Å². The Balaban J connectivity index is 1.79. The number of amides is 1. The van der Waals surface area contributed by atoms with Gasteiger partial charge in [-0.3, -0.25) is 9.52 Å².